The summed E-state index contributed by atoms with van der Waals surface area (Å²) in [5, 5.41) is 9.78. The van der Waals surface area contributed by atoms with E-state index >= 15 is 0 Å². The van der Waals surface area contributed by atoms with Crippen LogP contribution >= 0.6 is 0 Å². The second kappa shape index (κ2) is 12.8. The smallest absolute Gasteiger partial charge is 0.0658 e. The number of nitrogens with zero attached hydrogens (tertiary/aromatic N) is 1. The third-order valence-electron chi connectivity index (χ3n) is 7.61. The Balaban J connectivity index is 1.64. The zero-order valence-electron chi connectivity index (χ0n) is 17.9. The van der Waals surface area contributed by atoms with Crippen molar-refractivity contribution in [3.05, 3.63) is 0 Å². The van der Waals surface area contributed by atoms with Crippen LogP contribution in [0.4, 0.5) is 0 Å². The van der Waals surface area contributed by atoms with Crippen molar-refractivity contribution < 1.29 is 0 Å². The second-order valence-electron chi connectivity index (χ2n) is 9.63. The van der Waals surface area contributed by atoms with Gasteiger partial charge in [-0.15, -0.1) is 0 Å². The monoisotopic (exact) mass is 359 g/mol. The van der Waals surface area contributed by atoms with E-state index in [0.29, 0.717) is 11.8 Å². The normalized spacial score (nSPS) is 30.7. The van der Waals surface area contributed by atoms with Crippen molar-refractivity contribution in [3.63, 3.8) is 0 Å². The highest BCUT2D eigenvalue weighted by Gasteiger charge is 2.30. The molecular weight excluding hydrogens is 314 g/mol. The summed E-state index contributed by atoms with van der Waals surface area (Å²) in [6.07, 6.45) is 23.7. The van der Waals surface area contributed by atoms with Gasteiger partial charge in [-0.2, -0.15) is 5.26 Å². The Hall–Kier alpha value is -0.510. The zero-order chi connectivity index (χ0) is 18.6. The van der Waals surface area contributed by atoms with E-state index in [2.05, 4.69) is 19.9 Å². The Morgan fingerprint density at radius 3 is 1.81 bits per heavy atom. The molecule has 1 unspecified atom stereocenters. The minimum Gasteiger partial charge on any atom is -0.198 e. The summed E-state index contributed by atoms with van der Waals surface area (Å²) < 4.78 is 0. The Morgan fingerprint density at radius 1 is 0.692 bits per heavy atom. The van der Waals surface area contributed by atoms with E-state index < -0.39 is 0 Å². The maximum absolute atomic E-state index is 9.78. The summed E-state index contributed by atoms with van der Waals surface area (Å²) >= 11 is 0. The summed E-state index contributed by atoms with van der Waals surface area (Å²) in [4.78, 5) is 0. The Kier molecular flexibility index (Phi) is 10.7. The molecule has 150 valence electrons. The maximum atomic E-state index is 9.78. The first kappa shape index (κ1) is 21.8. The van der Waals surface area contributed by atoms with Crippen molar-refractivity contribution in [2.75, 3.05) is 0 Å². The molecule has 2 aliphatic carbocycles. The van der Waals surface area contributed by atoms with E-state index in [4.69, 9.17) is 0 Å². The summed E-state index contributed by atoms with van der Waals surface area (Å²) in [5.41, 5.74) is 0. The molecule has 0 bridgehead atoms. The van der Waals surface area contributed by atoms with E-state index in [1.54, 1.807) is 0 Å². The van der Waals surface area contributed by atoms with Crippen molar-refractivity contribution in [2.45, 2.75) is 123 Å². The number of hydrogen-bond acceptors (Lipinski definition) is 1. The molecule has 0 N–H and O–H groups in total. The predicted octanol–water partition coefficient (Wildman–Crippen LogP) is 8.29. The van der Waals surface area contributed by atoms with Crippen LogP contribution < -0.4 is 0 Å². The minimum absolute atomic E-state index is 0.355. The molecular formula is C25H45N. The molecule has 1 nitrogen and oxygen atoms in total. The number of nitriles is 1. The van der Waals surface area contributed by atoms with Gasteiger partial charge in [0.25, 0.3) is 0 Å². The molecule has 0 amide bonds. The van der Waals surface area contributed by atoms with Crippen molar-refractivity contribution in [2.24, 2.45) is 29.6 Å². The van der Waals surface area contributed by atoms with Gasteiger partial charge in [-0.1, -0.05) is 104 Å². The van der Waals surface area contributed by atoms with Gasteiger partial charge in [0, 0.05) is 5.92 Å². The Morgan fingerprint density at radius 2 is 1.23 bits per heavy atom. The molecule has 0 aliphatic heterocycles. The van der Waals surface area contributed by atoms with Crippen LogP contribution in [0.1, 0.15) is 123 Å². The van der Waals surface area contributed by atoms with Crippen LogP contribution in [0.5, 0.6) is 0 Å². The van der Waals surface area contributed by atoms with E-state index in [1.807, 2.05) is 0 Å². The lowest BCUT2D eigenvalue weighted by Gasteiger charge is -2.34. The molecule has 1 heteroatoms. The maximum Gasteiger partial charge on any atom is 0.0658 e. The van der Waals surface area contributed by atoms with Crippen molar-refractivity contribution in [3.8, 4) is 6.07 Å². The summed E-state index contributed by atoms with van der Waals surface area (Å²) in [6.45, 7) is 4.60. The molecule has 26 heavy (non-hydrogen) atoms. The van der Waals surface area contributed by atoms with Crippen LogP contribution in [-0.2, 0) is 0 Å². The van der Waals surface area contributed by atoms with Crippen molar-refractivity contribution in [1.82, 2.24) is 0 Å². The van der Waals surface area contributed by atoms with Gasteiger partial charge in [0.1, 0.15) is 0 Å². The fourth-order valence-corrected chi connectivity index (χ4v) is 5.70. The van der Waals surface area contributed by atoms with Gasteiger partial charge in [0.05, 0.1) is 6.07 Å². The van der Waals surface area contributed by atoms with Crippen LogP contribution in [-0.4, -0.2) is 0 Å². The SMILES string of the molecule is CCCCCC[C@H]1CC[C@H](CC(C#N)[C@H]2CC[C@H](CCCC)CC2)CC1. The predicted molar refractivity (Wildman–Crippen MR) is 113 cm³/mol. The van der Waals surface area contributed by atoms with E-state index in [-0.39, 0.29) is 0 Å². The summed E-state index contributed by atoms with van der Waals surface area (Å²) in [6, 6.07) is 2.74. The highest BCUT2D eigenvalue weighted by molar-refractivity contribution is 4.92. The molecule has 0 aromatic rings. The molecule has 2 aliphatic rings. The van der Waals surface area contributed by atoms with Gasteiger partial charge in [0.15, 0.2) is 0 Å². The minimum atomic E-state index is 0.355. The standard InChI is InChI=1S/C25H45N/c1-3-5-7-8-10-22-11-13-23(14-12-22)19-25(20-26)24-17-15-21(16-18-24)9-6-4-2/h21-25H,3-19H2,1-2H3/t21-,22-,23-,24-,25?. The molecule has 0 heterocycles. The molecule has 0 spiro atoms. The van der Waals surface area contributed by atoms with Gasteiger partial charge in [0.2, 0.25) is 0 Å². The van der Waals surface area contributed by atoms with E-state index in [1.165, 1.54) is 109 Å². The molecule has 2 fully saturated rings. The first-order valence-electron chi connectivity index (χ1n) is 12.2. The average molecular weight is 360 g/mol. The third kappa shape index (κ3) is 7.62. The number of rotatable bonds is 11. The van der Waals surface area contributed by atoms with Crippen molar-refractivity contribution >= 4 is 0 Å². The molecule has 1 atom stereocenters. The first-order valence-corrected chi connectivity index (χ1v) is 12.2. The van der Waals surface area contributed by atoms with Gasteiger partial charge < -0.3 is 0 Å². The van der Waals surface area contributed by atoms with E-state index in [9.17, 15) is 5.26 Å². The number of hydrogen-bond donors (Lipinski definition) is 0. The summed E-state index contributed by atoms with van der Waals surface area (Å²) in [5.74, 6) is 3.88. The highest BCUT2D eigenvalue weighted by atomic mass is 14.4. The largest absolute Gasteiger partial charge is 0.198 e. The van der Waals surface area contributed by atoms with Crippen LogP contribution in [0.15, 0.2) is 0 Å². The van der Waals surface area contributed by atoms with Gasteiger partial charge >= 0.3 is 0 Å². The quantitative estimate of drug-likeness (QED) is 0.340. The van der Waals surface area contributed by atoms with Gasteiger partial charge in [-0.3, -0.25) is 0 Å². The van der Waals surface area contributed by atoms with Crippen molar-refractivity contribution in [1.29, 1.82) is 5.26 Å². The number of unbranched alkanes of at least 4 members (excludes halogenated alkanes) is 4. The lowest BCUT2D eigenvalue weighted by atomic mass is 9.70. The zero-order valence-corrected chi connectivity index (χ0v) is 17.9. The fourth-order valence-electron chi connectivity index (χ4n) is 5.70. The van der Waals surface area contributed by atoms with Crippen LogP contribution in [0.25, 0.3) is 0 Å². The highest BCUT2D eigenvalue weighted by Crippen LogP contribution is 2.41. The molecule has 2 saturated carbocycles. The van der Waals surface area contributed by atoms with Crippen LogP contribution in [0.2, 0.25) is 0 Å². The first-order chi connectivity index (χ1) is 12.8. The van der Waals surface area contributed by atoms with Gasteiger partial charge in [-0.25, -0.2) is 0 Å². The van der Waals surface area contributed by atoms with Gasteiger partial charge in [-0.05, 0) is 42.9 Å². The second-order valence-corrected chi connectivity index (χ2v) is 9.63. The lowest BCUT2D eigenvalue weighted by Crippen LogP contribution is -2.24. The van der Waals surface area contributed by atoms with E-state index in [0.717, 1.165) is 17.8 Å². The summed E-state index contributed by atoms with van der Waals surface area (Å²) in [7, 11) is 0. The van der Waals surface area contributed by atoms with Crippen LogP contribution in [0, 0.1) is 40.9 Å². The molecule has 0 saturated heterocycles. The molecule has 0 radical (unpaired) electrons. The lowest BCUT2D eigenvalue weighted by molar-refractivity contribution is 0.177. The molecule has 2 rings (SSSR count). The third-order valence-corrected chi connectivity index (χ3v) is 7.61. The Bertz CT molecular complexity index is 379. The van der Waals surface area contributed by atoms with Crippen LogP contribution in [0.3, 0.4) is 0 Å². The Labute approximate surface area is 164 Å². The average Bonchev–Trinajstić information content (AvgIpc) is 2.69. The fraction of sp³-hybridized carbons (Fsp3) is 0.960. The topological polar surface area (TPSA) is 23.8 Å². The molecule has 0 aromatic heterocycles. The molecule has 0 aromatic carbocycles.